The monoisotopic (exact) mass is 273 g/mol. The van der Waals surface area contributed by atoms with Crippen LogP contribution in [-0.2, 0) is 16.3 Å². The molecule has 0 amide bonds. The van der Waals surface area contributed by atoms with Crippen molar-refractivity contribution < 1.29 is 8.42 Å². The van der Waals surface area contributed by atoms with Gasteiger partial charge in [-0.1, -0.05) is 20.8 Å². The van der Waals surface area contributed by atoms with Crippen LogP contribution in [0.15, 0.2) is 0 Å². The van der Waals surface area contributed by atoms with Crippen LogP contribution in [-0.4, -0.2) is 34.1 Å². The third kappa shape index (κ3) is 2.91. The first-order valence-corrected chi connectivity index (χ1v) is 8.16. The highest BCUT2D eigenvalue weighted by atomic mass is 32.2. The Hall–Kier alpha value is -0.910. The predicted molar refractivity (Wildman–Crippen MR) is 72.2 cm³/mol. The molecule has 1 heterocycles. The fraction of sp³-hybridized carbons (Fsp3) is 0.833. The maximum atomic E-state index is 12.5. The summed E-state index contributed by atoms with van der Waals surface area (Å²) in [5.41, 5.74) is 0. The minimum atomic E-state index is -3.12. The number of nitrogens with one attached hydrogen (secondary N) is 1. The highest BCUT2D eigenvalue weighted by molar-refractivity contribution is 7.92. The van der Waals surface area contributed by atoms with Crippen LogP contribution in [0.1, 0.15) is 51.7 Å². The lowest BCUT2D eigenvalue weighted by atomic mass is 9.99. The summed E-state index contributed by atoms with van der Waals surface area (Å²) in [6.07, 6.45) is 2.37. The number of hydrogen-bond donors (Lipinski definition) is 1. The van der Waals surface area contributed by atoms with Crippen LogP contribution in [0.2, 0.25) is 0 Å². The summed E-state index contributed by atoms with van der Waals surface area (Å²) in [4.78, 5) is 4.14. The zero-order valence-electron chi connectivity index (χ0n) is 11.7. The van der Waals surface area contributed by atoms with E-state index in [9.17, 15) is 8.42 Å². The van der Waals surface area contributed by atoms with E-state index < -0.39 is 14.6 Å². The first kappa shape index (κ1) is 15.1. The molecule has 1 aromatic heterocycles. The molecule has 0 spiro atoms. The second-order valence-electron chi connectivity index (χ2n) is 4.65. The lowest BCUT2D eigenvalue weighted by Crippen LogP contribution is -2.39. The second kappa shape index (κ2) is 5.82. The molecule has 0 aliphatic carbocycles. The van der Waals surface area contributed by atoms with Gasteiger partial charge in [0.2, 0.25) is 0 Å². The summed E-state index contributed by atoms with van der Waals surface area (Å²) in [6, 6.07) is 0. The molecule has 0 aromatic carbocycles. The molecule has 0 atom stereocenters. The lowest BCUT2D eigenvalue weighted by Gasteiger charge is -2.29. The Morgan fingerprint density at radius 3 is 2.11 bits per heavy atom. The minimum absolute atomic E-state index is 0.125. The van der Waals surface area contributed by atoms with Gasteiger partial charge in [0.05, 0.1) is 10.5 Å². The zero-order valence-corrected chi connectivity index (χ0v) is 12.5. The van der Waals surface area contributed by atoms with Crippen molar-refractivity contribution in [3.8, 4) is 0 Å². The molecule has 0 aliphatic heterocycles. The molecular formula is C12H23N3O2S. The smallest absolute Gasteiger partial charge is 0.156 e. The van der Waals surface area contributed by atoms with E-state index in [2.05, 4.69) is 15.2 Å². The lowest BCUT2D eigenvalue weighted by molar-refractivity contribution is 0.467. The van der Waals surface area contributed by atoms with Crippen LogP contribution in [0, 0.1) is 6.92 Å². The van der Waals surface area contributed by atoms with Gasteiger partial charge in [-0.25, -0.2) is 13.4 Å². The van der Waals surface area contributed by atoms with Crippen LogP contribution >= 0.6 is 0 Å². The van der Waals surface area contributed by atoms with Gasteiger partial charge in [0.15, 0.2) is 15.7 Å². The molecule has 0 unspecified atom stereocenters. The first-order valence-electron chi connectivity index (χ1n) is 6.51. The van der Waals surface area contributed by atoms with E-state index in [0.717, 1.165) is 5.82 Å². The Labute approximate surface area is 109 Å². The van der Waals surface area contributed by atoms with Crippen LogP contribution in [0.3, 0.4) is 0 Å². The third-order valence-corrected chi connectivity index (χ3v) is 6.76. The molecule has 0 radical (unpaired) electrons. The van der Waals surface area contributed by atoms with Gasteiger partial charge in [0.1, 0.15) is 5.82 Å². The van der Waals surface area contributed by atoms with E-state index in [1.807, 2.05) is 20.8 Å². The summed E-state index contributed by atoms with van der Waals surface area (Å²) >= 11 is 0. The number of sulfone groups is 1. The Morgan fingerprint density at radius 1 is 1.17 bits per heavy atom. The molecule has 0 saturated carbocycles. The van der Waals surface area contributed by atoms with Gasteiger partial charge in [0, 0.05) is 6.42 Å². The standard InChI is InChI=1S/C12H23N3O2S/c1-5-12(6-2,7-3)18(16,17)9-8-11-13-10(4)14-15-11/h5-9H2,1-4H3,(H,13,14,15). The Morgan fingerprint density at radius 2 is 1.72 bits per heavy atom. The molecule has 0 saturated heterocycles. The molecule has 1 aromatic rings. The summed E-state index contributed by atoms with van der Waals surface area (Å²) in [6.45, 7) is 7.64. The van der Waals surface area contributed by atoms with Crippen LogP contribution in [0.25, 0.3) is 0 Å². The van der Waals surface area contributed by atoms with Gasteiger partial charge in [0.25, 0.3) is 0 Å². The van der Waals surface area contributed by atoms with Crippen molar-refractivity contribution in [3.63, 3.8) is 0 Å². The van der Waals surface area contributed by atoms with Crippen LogP contribution in [0.5, 0.6) is 0 Å². The van der Waals surface area contributed by atoms with Crippen molar-refractivity contribution in [3.05, 3.63) is 11.6 Å². The topological polar surface area (TPSA) is 75.7 Å². The van der Waals surface area contributed by atoms with Crippen molar-refractivity contribution >= 4 is 9.84 Å². The SMILES string of the molecule is CCC(CC)(CC)S(=O)(=O)CCc1n[nH]c(C)n1. The highest BCUT2D eigenvalue weighted by Crippen LogP contribution is 2.30. The molecule has 1 rings (SSSR count). The Kier molecular flexibility index (Phi) is 4.90. The van der Waals surface area contributed by atoms with Crippen LogP contribution < -0.4 is 0 Å². The van der Waals surface area contributed by atoms with Crippen molar-refractivity contribution in [2.24, 2.45) is 0 Å². The summed E-state index contributed by atoms with van der Waals surface area (Å²) in [5, 5.41) is 6.71. The molecule has 1 N–H and O–H groups in total. The number of aromatic amines is 1. The normalized spacial score (nSPS) is 12.9. The number of rotatable bonds is 7. The van der Waals surface area contributed by atoms with E-state index in [0.29, 0.717) is 31.5 Å². The molecule has 5 nitrogen and oxygen atoms in total. The van der Waals surface area contributed by atoms with E-state index in [4.69, 9.17) is 0 Å². The van der Waals surface area contributed by atoms with Gasteiger partial charge in [-0.2, -0.15) is 5.10 Å². The molecule has 0 fully saturated rings. The molecule has 0 bridgehead atoms. The van der Waals surface area contributed by atoms with Crippen LogP contribution in [0.4, 0.5) is 0 Å². The van der Waals surface area contributed by atoms with Gasteiger partial charge in [-0.3, -0.25) is 5.10 Å². The molecule has 104 valence electrons. The summed E-state index contributed by atoms with van der Waals surface area (Å²) < 4.78 is 24.3. The third-order valence-electron chi connectivity index (χ3n) is 3.83. The average Bonchev–Trinajstić information content (AvgIpc) is 2.75. The fourth-order valence-electron chi connectivity index (χ4n) is 2.35. The minimum Gasteiger partial charge on any atom is -0.263 e. The molecule has 18 heavy (non-hydrogen) atoms. The second-order valence-corrected chi connectivity index (χ2v) is 7.15. The predicted octanol–water partition coefficient (Wildman–Crippen LogP) is 2.04. The van der Waals surface area contributed by atoms with Gasteiger partial charge in [-0.15, -0.1) is 0 Å². The Bertz CT molecular complexity index is 467. The molecule has 6 heteroatoms. The maximum Gasteiger partial charge on any atom is 0.156 e. The molecular weight excluding hydrogens is 250 g/mol. The van der Waals surface area contributed by atoms with Gasteiger partial charge < -0.3 is 0 Å². The summed E-state index contributed by atoms with van der Waals surface area (Å²) in [5.74, 6) is 1.42. The number of nitrogens with zero attached hydrogens (tertiary/aromatic N) is 2. The largest absolute Gasteiger partial charge is 0.263 e. The number of aryl methyl sites for hydroxylation is 2. The first-order chi connectivity index (χ1) is 8.40. The summed E-state index contributed by atoms with van der Waals surface area (Å²) in [7, 11) is -3.12. The maximum absolute atomic E-state index is 12.5. The number of aromatic nitrogens is 3. The van der Waals surface area contributed by atoms with Gasteiger partial charge in [-0.05, 0) is 26.2 Å². The van der Waals surface area contributed by atoms with E-state index >= 15 is 0 Å². The highest BCUT2D eigenvalue weighted by Gasteiger charge is 2.38. The molecule has 0 aliphatic rings. The van der Waals surface area contributed by atoms with Crippen molar-refractivity contribution in [1.82, 2.24) is 15.2 Å². The van der Waals surface area contributed by atoms with Crippen molar-refractivity contribution in [2.45, 2.75) is 58.1 Å². The van der Waals surface area contributed by atoms with E-state index in [1.54, 1.807) is 6.92 Å². The fourth-order valence-corrected chi connectivity index (χ4v) is 4.56. The van der Waals surface area contributed by atoms with Gasteiger partial charge >= 0.3 is 0 Å². The zero-order chi connectivity index (χ0) is 13.8. The van der Waals surface area contributed by atoms with E-state index in [-0.39, 0.29) is 5.75 Å². The Balaban J connectivity index is 2.81. The van der Waals surface area contributed by atoms with Crippen molar-refractivity contribution in [1.29, 1.82) is 0 Å². The van der Waals surface area contributed by atoms with Crippen molar-refractivity contribution in [2.75, 3.05) is 5.75 Å². The number of hydrogen-bond acceptors (Lipinski definition) is 4. The quantitative estimate of drug-likeness (QED) is 0.825. The number of H-pyrrole nitrogens is 1. The van der Waals surface area contributed by atoms with E-state index in [1.165, 1.54) is 0 Å². The average molecular weight is 273 g/mol.